The Morgan fingerprint density at radius 1 is 1.25 bits per heavy atom. The van der Waals surface area contributed by atoms with Crippen molar-refractivity contribution in [1.29, 1.82) is 0 Å². The Labute approximate surface area is 136 Å². The molecule has 0 saturated heterocycles. The van der Waals surface area contributed by atoms with Gasteiger partial charge in [0.2, 0.25) is 0 Å². The van der Waals surface area contributed by atoms with Crippen LogP contribution in [0.5, 0.6) is 11.5 Å². The Kier molecular flexibility index (Phi) is 6.44. The number of ether oxygens (including phenoxy) is 2. The highest BCUT2D eigenvalue weighted by Crippen LogP contribution is 2.29. The lowest BCUT2D eigenvalue weighted by atomic mass is 10.1. The van der Waals surface area contributed by atoms with E-state index in [0.717, 1.165) is 0 Å². The lowest BCUT2D eigenvalue weighted by molar-refractivity contribution is -0.157. The van der Waals surface area contributed by atoms with E-state index in [-0.39, 0.29) is 17.4 Å². The molecule has 24 heavy (non-hydrogen) atoms. The summed E-state index contributed by atoms with van der Waals surface area (Å²) < 4.78 is 47.6. The molecule has 2 N–H and O–H groups in total. The fourth-order valence-electron chi connectivity index (χ4n) is 1.83. The van der Waals surface area contributed by atoms with Gasteiger partial charge in [-0.05, 0) is 32.0 Å². The van der Waals surface area contributed by atoms with Gasteiger partial charge in [0.05, 0.1) is 19.6 Å². The van der Waals surface area contributed by atoms with Gasteiger partial charge in [0.25, 0.3) is 5.91 Å². The highest BCUT2D eigenvalue weighted by Gasteiger charge is 2.36. The first-order valence-corrected chi connectivity index (χ1v) is 6.98. The standard InChI is InChI=1S/C15H18F3NO5/c1-8(2)24-11-5-4-9(6-12(11)23-3)13(20)19-10(14(21)22)7-15(16,17)18/h4-6,8,10H,7H2,1-3H3,(H,19,20)(H,21,22). The maximum atomic E-state index is 12.4. The highest BCUT2D eigenvalue weighted by molar-refractivity contribution is 5.97. The SMILES string of the molecule is COc1cc(C(=O)NC(CC(F)(F)F)C(=O)O)ccc1OC(C)C. The van der Waals surface area contributed by atoms with Crippen molar-refractivity contribution in [3.05, 3.63) is 23.8 Å². The van der Waals surface area contributed by atoms with Gasteiger partial charge in [-0.3, -0.25) is 4.79 Å². The van der Waals surface area contributed by atoms with E-state index < -0.39 is 30.5 Å². The van der Waals surface area contributed by atoms with Crippen LogP contribution < -0.4 is 14.8 Å². The molecule has 134 valence electrons. The minimum absolute atomic E-state index is 0.0450. The van der Waals surface area contributed by atoms with Crippen molar-refractivity contribution in [2.24, 2.45) is 0 Å². The Morgan fingerprint density at radius 3 is 2.33 bits per heavy atom. The van der Waals surface area contributed by atoms with Crippen molar-refractivity contribution in [3.63, 3.8) is 0 Å². The Morgan fingerprint density at radius 2 is 1.88 bits per heavy atom. The molecule has 0 aromatic heterocycles. The Bertz CT molecular complexity index is 601. The minimum Gasteiger partial charge on any atom is -0.493 e. The second-order valence-corrected chi connectivity index (χ2v) is 5.22. The molecule has 0 spiro atoms. The average molecular weight is 349 g/mol. The van der Waals surface area contributed by atoms with Crippen molar-refractivity contribution in [2.75, 3.05) is 7.11 Å². The number of nitrogens with one attached hydrogen (secondary N) is 1. The number of methoxy groups -OCH3 is 1. The van der Waals surface area contributed by atoms with Crippen molar-refractivity contribution < 1.29 is 37.3 Å². The van der Waals surface area contributed by atoms with Gasteiger partial charge < -0.3 is 19.9 Å². The molecule has 1 unspecified atom stereocenters. The summed E-state index contributed by atoms with van der Waals surface area (Å²) in [5.74, 6) is -2.17. The van der Waals surface area contributed by atoms with E-state index in [1.165, 1.54) is 25.3 Å². The van der Waals surface area contributed by atoms with Gasteiger partial charge in [-0.2, -0.15) is 13.2 Å². The van der Waals surface area contributed by atoms with Gasteiger partial charge in [0.1, 0.15) is 6.04 Å². The maximum absolute atomic E-state index is 12.4. The van der Waals surface area contributed by atoms with Crippen LogP contribution in [0.1, 0.15) is 30.6 Å². The molecule has 1 aromatic rings. The summed E-state index contributed by atoms with van der Waals surface area (Å²) in [7, 11) is 1.34. The molecule has 0 aliphatic carbocycles. The molecule has 1 aromatic carbocycles. The van der Waals surface area contributed by atoms with E-state index in [1.54, 1.807) is 13.8 Å². The number of hydrogen-bond acceptors (Lipinski definition) is 4. The van der Waals surface area contributed by atoms with Crippen molar-refractivity contribution in [3.8, 4) is 11.5 Å². The predicted octanol–water partition coefficient (Wildman–Crippen LogP) is 2.62. The second kappa shape index (κ2) is 7.89. The summed E-state index contributed by atoms with van der Waals surface area (Å²) in [6.45, 7) is 3.57. The molecule has 0 bridgehead atoms. The van der Waals surface area contributed by atoms with Gasteiger partial charge in [-0.25, -0.2) is 4.79 Å². The third kappa shape index (κ3) is 5.98. The summed E-state index contributed by atoms with van der Waals surface area (Å²) >= 11 is 0. The number of alkyl halides is 3. The zero-order chi connectivity index (χ0) is 18.5. The van der Waals surface area contributed by atoms with Crippen molar-refractivity contribution in [1.82, 2.24) is 5.32 Å². The van der Waals surface area contributed by atoms with Crippen LogP contribution in [0.25, 0.3) is 0 Å². The molecule has 0 radical (unpaired) electrons. The summed E-state index contributed by atoms with van der Waals surface area (Å²) in [5, 5.41) is 10.7. The number of aliphatic carboxylic acids is 1. The molecule has 9 heteroatoms. The molecule has 1 rings (SSSR count). The molecule has 1 amide bonds. The van der Waals surface area contributed by atoms with E-state index >= 15 is 0 Å². The number of carboxylic acids is 1. The fraction of sp³-hybridized carbons (Fsp3) is 0.467. The minimum atomic E-state index is -4.72. The number of hydrogen-bond donors (Lipinski definition) is 2. The van der Waals surface area contributed by atoms with E-state index in [9.17, 15) is 22.8 Å². The summed E-state index contributed by atoms with van der Waals surface area (Å²) in [5.41, 5.74) is -0.0450. The molecule has 0 aliphatic rings. The molecule has 6 nitrogen and oxygen atoms in total. The van der Waals surface area contributed by atoms with E-state index in [4.69, 9.17) is 14.6 Å². The summed E-state index contributed by atoms with van der Waals surface area (Å²) in [6, 6.07) is 1.92. The lowest BCUT2D eigenvalue weighted by Crippen LogP contribution is -2.43. The zero-order valence-corrected chi connectivity index (χ0v) is 13.3. The van der Waals surface area contributed by atoms with Gasteiger partial charge in [-0.1, -0.05) is 0 Å². The average Bonchev–Trinajstić information content (AvgIpc) is 2.44. The number of halogens is 3. The van der Waals surface area contributed by atoms with E-state index in [1.807, 2.05) is 5.32 Å². The van der Waals surface area contributed by atoms with Gasteiger partial charge in [-0.15, -0.1) is 0 Å². The topological polar surface area (TPSA) is 84.9 Å². The largest absolute Gasteiger partial charge is 0.493 e. The number of carbonyl (C=O) groups excluding carboxylic acids is 1. The van der Waals surface area contributed by atoms with Crippen molar-refractivity contribution >= 4 is 11.9 Å². The number of carbonyl (C=O) groups is 2. The molecule has 0 fully saturated rings. The zero-order valence-electron chi connectivity index (χ0n) is 13.3. The first kappa shape index (κ1) is 19.6. The van der Waals surface area contributed by atoms with Crippen LogP contribution >= 0.6 is 0 Å². The number of amides is 1. The van der Waals surface area contributed by atoms with Crippen LogP contribution in [0, 0.1) is 0 Å². The smallest absolute Gasteiger partial charge is 0.391 e. The van der Waals surface area contributed by atoms with E-state index in [0.29, 0.717) is 5.75 Å². The lowest BCUT2D eigenvalue weighted by Gasteiger charge is -2.17. The Balaban J connectivity index is 2.95. The van der Waals surface area contributed by atoms with Crippen LogP contribution in [-0.4, -0.2) is 42.4 Å². The third-order valence-corrected chi connectivity index (χ3v) is 2.83. The first-order chi connectivity index (χ1) is 11.0. The van der Waals surface area contributed by atoms with Crippen LogP contribution in [-0.2, 0) is 4.79 Å². The van der Waals surface area contributed by atoms with Crippen LogP contribution in [0.3, 0.4) is 0 Å². The monoisotopic (exact) mass is 349 g/mol. The number of benzene rings is 1. The first-order valence-electron chi connectivity index (χ1n) is 6.98. The molecule has 0 saturated carbocycles. The maximum Gasteiger partial charge on any atom is 0.391 e. The predicted molar refractivity (Wildman–Crippen MR) is 78.3 cm³/mol. The Hall–Kier alpha value is -2.45. The van der Waals surface area contributed by atoms with Gasteiger partial charge >= 0.3 is 12.1 Å². The van der Waals surface area contributed by atoms with Crippen LogP contribution in [0.15, 0.2) is 18.2 Å². The van der Waals surface area contributed by atoms with Gasteiger partial charge in [0, 0.05) is 5.56 Å². The molecule has 1 atom stereocenters. The van der Waals surface area contributed by atoms with Crippen molar-refractivity contribution in [2.45, 2.75) is 38.6 Å². The van der Waals surface area contributed by atoms with E-state index in [2.05, 4.69) is 0 Å². The molecular formula is C15H18F3NO5. The highest BCUT2D eigenvalue weighted by atomic mass is 19.4. The molecular weight excluding hydrogens is 331 g/mol. The van der Waals surface area contributed by atoms with Gasteiger partial charge in [0.15, 0.2) is 11.5 Å². The quantitative estimate of drug-likeness (QED) is 0.790. The summed E-state index contributed by atoms with van der Waals surface area (Å²) in [4.78, 5) is 22.9. The molecule has 0 aliphatic heterocycles. The van der Waals surface area contributed by atoms with Crippen LogP contribution in [0.4, 0.5) is 13.2 Å². The second-order valence-electron chi connectivity index (χ2n) is 5.22. The number of rotatable bonds is 7. The summed E-state index contributed by atoms with van der Waals surface area (Å²) in [6.07, 6.45) is -6.54. The fourth-order valence-corrected chi connectivity index (χ4v) is 1.83. The molecule has 0 heterocycles. The van der Waals surface area contributed by atoms with Crippen LogP contribution in [0.2, 0.25) is 0 Å². The third-order valence-electron chi connectivity index (χ3n) is 2.83. The normalized spacial score (nSPS) is 12.6. The number of carboxylic acid groups (broad SMARTS) is 1.